The van der Waals surface area contributed by atoms with Gasteiger partial charge >= 0.3 is 0 Å². The molecule has 1 aromatic rings. The Kier molecular flexibility index (Phi) is 7.27. The minimum Gasteiger partial charge on any atom is -0.392 e. The van der Waals surface area contributed by atoms with Gasteiger partial charge in [-0.05, 0) is 67.9 Å². The third-order valence-corrected chi connectivity index (χ3v) is 6.55. The van der Waals surface area contributed by atoms with Gasteiger partial charge in [-0.15, -0.1) is 0 Å². The van der Waals surface area contributed by atoms with Crippen LogP contribution in [-0.4, -0.2) is 41.7 Å². The Bertz CT molecular complexity index is 609. The predicted molar refractivity (Wildman–Crippen MR) is 106 cm³/mol. The highest BCUT2D eigenvalue weighted by atomic mass is 16.5. The summed E-state index contributed by atoms with van der Waals surface area (Å²) in [4.78, 5) is 14.5. The fourth-order valence-electron chi connectivity index (χ4n) is 4.29. The molecule has 0 aromatic heterocycles. The average Bonchev–Trinajstić information content (AvgIpc) is 2.66. The molecular weight excluding hydrogens is 340 g/mol. The lowest BCUT2D eigenvalue weighted by Gasteiger charge is -2.38. The number of amides is 1. The molecule has 5 heteroatoms. The van der Waals surface area contributed by atoms with E-state index in [1.807, 2.05) is 36.2 Å². The van der Waals surface area contributed by atoms with Crippen molar-refractivity contribution in [3.8, 4) is 0 Å². The molecule has 3 rings (SSSR count). The number of likely N-dealkylation sites (N-methyl/N-ethyl adjacent to an activating group) is 1. The summed E-state index contributed by atoms with van der Waals surface area (Å²) >= 11 is 0. The highest BCUT2D eigenvalue weighted by Gasteiger charge is 2.34. The van der Waals surface area contributed by atoms with Gasteiger partial charge in [-0.2, -0.15) is 0 Å². The maximum atomic E-state index is 12.6. The maximum Gasteiger partial charge on any atom is 0.239 e. The number of nitrogens with two attached hydrogens (primary N) is 1. The third kappa shape index (κ3) is 5.09. The molecule has 5 nitrogen and oxygen atoms in total. The first kappa shape index (κ1) is 20.3. The van der Waals surface area contributed by atoms with E-state index in [2.05, 4.69) is 0 Å². The second kappa shape index (κ2) is 9.67. The van der Waals surface area contributed by atoms with E-state index in [0.29, 0.717) is 24.5 Å². The van der Waals surface area contributed by atoms with Crippen LogP contribution in [0, 0.1) is 11.8 Å². The first-order chi connectivity index (χ1) is 13.1. The standard InChI is InChI=1S/C22H34N2O3/c1-24(20-7-4-8-20)22(26)21(23)17-11-9-16(10-12-17)14-27-15-19-6-3-2-5-18(19)13-25/h2-3,5-6,16-17,20-21,25H,4,7-15,23H2,1H3/t16?,17?,21-/m0/s1. The van der Waals surface area contributed by atoms with Crippen molar-refractivity contribution >= 4 is 5.91 Å². The van der Waals surface area contributed by atoms with Crippen molar-refractivity contribution in [2.45, 2.75) is 70.2 Å². The Morgan fingerprint density at radius 1 is 1.19 bits per heavy atom. The molecule has 2 saturated carbocycles. The van der Waals surface area contributed by atoms with Gasteiger partial charge in [-0.1, -0.05) is 24.3 Å². The largest absolute Gasteiger partial charge is 0.392 e. The molecule has 2 fully saturated rings. The molecule has 0 radical (unpaired) electrons. The first-order valence-electron chi connectivity index (χ1n) is 10.4. The van der Waals surface area contributed by atoms with Crippen LogP contribution in [0.1, 0.15) is 56.1 Å². The minimum atomic E-state index is -0.353. The summed E-state index contributed by atoms with van der Waals surface area (Å²) in [7, 11) is 1.91. The summed E-state index contributed by atoms with van der Waals surface area (Å²) in [5.74, 6) is 0.959. The Morgan fingerprint density at radius 2 is 1.85 bits per heavy atom. The van der Waals surface area contributed by atoms with E-state index in [4.69, 9.17) is 10.5 Å². The average molecular weight is 375 g/mol. The molecule has 1 atom stereocenters. The number of ether oxygens (including phenoxy) is 1. The van der Waals surface area contributed by atoms with E-state index < -0.39 is 0 Å². The number of nitrogens with zero attached hydrogens (tertiary/aromatic N) is 1. The Hall–Kier alpha value is -1.43. The van der Waals surface area contributed by atoms with Gasteiger partial charge in [-0.3, -0.25) is 4.79 Å². The fourth-order valence-corrected chi connectivity index (χ4v) is 4.29. The molecule has 0 spiro atoms. The Morgan fingerprint density at radius 3 is 2.44 bits per heavy atom. The van der Waals surface area contributed by atoms with Crippen LogP contribution in [0.5, 0.6) is 0 Å². The van der Waals surface area contributed by atoms with Gasteiger partial charge in [-0.25, -0.2) is 0 Å². The van der Waals surface area contributed by atoms with Crippen LogP contribution in [0.15, 0.2) is 24.3 Å². The number of aliphatic hydroxyl groups excluding tert-OH is 1. The number of aliphatic hydroxyl groups is 1. The SMILES string of the molecule is CN(C(=O)[C@@H](N)C1CCC(COCc2ccccc2CO)CC1)C1CCC1. The van der Waals surface area contributed by atoms with Gasteiger partial charge in [0.1, 0.15) is 0 Å². The summed E-state index contributed by atoms with van der Waals surface area (Å²) in [6, 6.07) is 7.91. The van der Waals surface area contributed by atoms with Crippen LogP contribution in [0.25, 0.3) is 0 Å². The van der Waals surface area contributed by atoms with Gasteiger partial charge < -0.3 is 20.5 Å². The zero-order valence-corrected chi connectivity index (χ0v) is 16.5. The Labute approximate surface area is 162 Å². The van der Waals surface area contributed by atoms with Gasteiger partial charge in [0.05, 0.1) is 19.3 Å². The molecule has 0 saturated heterocycles. The van der Waals surface area contributed by atoms with Crippen molar-refractivity contribution in [3.63, 3.8) is 0 Å². The van der Waals surface area contributed by atoms with E-state index in [1.54, 1.807) is 0 Å². The van der Waals surface area contributed by atoms with E-state index in [0.717, 1.165) is 56.3 Å². The highest BCUT2D eigenvalue weighted by molar-refractivity contribution is 5.82. The third-order valence-electron chi connectivity index (χ3n) is 6.55. The van der Waals surface area contributed by atoms with E-state index >= 15 is 0 Å². The van der Waals surface area contributed by atoms with Crippen LogP contribution in [0.2, 0.25) is 0 Å². The lowest BCUT2D eigenvalue weighted by atomic mass is 9.78. The number of hydrogen-bond donors (Lipinski definition) is 2. The van der Waals surface area contributed by atoms with Crippen molar-refractivity contribution in [3.05, 3.63) is 35.4 Å². The monoisotopic (exact) mass is 374 g/mol. The fraction of sp³-hybridized carbons (Fsp3) is 0.682. The summed E-state index contributed by atoms with van der Waals surface area (Å²) < 4.78 is 5.92. The molecule has 2 aliphatic carbocycles. The van der Waals surface area contributed by atoms with E-state index in [-0.39, 0.29) is 18.6 Å². The summed E-state index contributed by atoms with van der Waals surface area (Å²) in [6.07, 6.45) is 7.63. The zero-order chi connectivity index (χ0) is 19.2. The van der Waals surface area contributed by atoms with Gasteiger partial charge in [0.25, 0.3) is 0 Å². The molecule has 2 aliphatic rings. The van der Waals surface area contributed by atoms with Crippen molar-refractivity contribution in [1.82, 2.24) is 4.90 Å². The van der Waals surface area contributed by atoms with E-state index in [1.165, 1.54) is 6.42 Å². The number of benzene rings is 1. The molecular formula is C22H34N2O3. The van der Waals surface area contributed by atoms with Crippen LogP contribution < -0.4 is 5.73 Å². The molecule has 0 aliphatic heterocycles. The smallest absolute Gasteiger partial charge is 0.239 e. The van der Waals surface area contributed by atoms with Crippen LogP contribution in [0.3, 0.4) is 0 Å². The van der Waals surface area contributed by atoms with Crippen LogP contribution in [0.4, 0.5) is 0 Å². The Balaban J connectivity index is 1.39. The van der Waals surface area contributed by atoms with Crippen molar-refractivity contribution in [2.24, 2.45) is 17.6 Å². The lowest BCUT2D eigenvalue weighted by Crippen LogP contribution is -2.52. The molecule has 27 heavy (non-hydrogen) atoms. The minimum absolute atomic E-state index is 0.0475. The summed E-state index contributed by atoms with van der Waals surface area (Å²) in [5, 5.41) is 9.39. The first-order valence-corrected chi connectivity index (χ1v) is 10.4. The topological polar surface area (TPSA) is 75.8 Å². The maximum absolute atomic E-state index is 12.6. The van der Waals surface area contributed by atoms with Crippen molar-refractivity contribution in [2.75, 3.05) is 13.7 Å². The molecule has 0 bridgehead atoms. The van der Waals surface area contributed by atoms with Gasteiger partial charge in [0.2, 0.25) is 5.91 Å². The normalized spacial score (nSPS) is 24.3. The molecule has 1 amide bonds. The van der Waals surface area contributed by atoms with Crippen molar-refractivity contribution < 1.29 is 14.6 Å². The predicted octanol–water partition coefficient (Wildman–Crippen LogP) is 2.84. The molecule has 150 valence electrons. The molecule has 0 heterocycles. The quantitative estimate of drug-likeness (QED) is 0.734. The lowest BCUT2D eigenvalue weighted by molar-refractivity contribution is -0.136. The highest BCUT2D eigenvalue weighted by Crippen LogP contribution is 2.32. The molecule has 0 unspecified atom stereocenters. The number of hydrogen-bond acceptors (Lipinski definition) is 4. The second-order valence-corrected chi connectivity index (χ2v) is 8.28. The number of carbonyl (C=O) groups is 1. The number of carbonyl (C=O) groups excluding carboxylic acids is 1. The summed E-state index contributed by atoms with van der Waals surface area (Å²) in [6.45, 7) is 1.32. The number of rotatable bonds is 8. The van der Waals surface area contributed by atoms with E-state index in [9.17, 15) is 9.90 Å². The zero-order valence-electron chi connectivity index (χ0n) is 16.5. The molecule has 1 aromatic carbocycles. The van der Waals surface area contributed by atoms with Gasteiger partial charge in [0, 0.05) is 19.7 Å². The van der Waals surface area contributed by atoms with Gasteiger partial charge in [0.15, 0.2) is 0 Å². The second-order valence-electron chi connectivity index (χ2n) is 8.28. The van der Waals surface area contributed by atoms with Crippen LogP contribution in [-0.2, 0) is 22.7 Å². The summed E-state index contributed by atoms with van der Waals surface area (Å²) in [5.41, 5.74) is 8.30. The van der Waals surface area contributed by atoms with Crippen molar-refractivity contribution in [1.29, 1.82) is 0 Å². The van der Waals surface area contributed by atoms with Crippen LogP contribution >= 0.6 is 0 Å². The molecule has 3 N–H and O–H groups in total.